The molecule has 0 saturated heterocycles. The summed E-state index contributed by atoms with van der Waals surface area (Å²) in [5.74, 6) is -0.887. The molecule has 0 heterocycles. The Hall–Kier alpha value is -2.70. The van der Waals surface area contributed by atoms with Gasteiger partial charge in [-0.15, -0.1) is 0 Å². The van der Waals surface area contributed by atoms with Gasteiger partial charge in [-0.25, -0.2) is 5.43 Å². The van der Waals surface area contributed by atoms with Gasteiger partial charge in [0.15, 0.2) is 0 Å². The van der Waals surface area contributed by atoms with Crippen LogP contribution >= 0.6 is 0 Å². The van der Waals surface area contributed by atoms with Crippen molar-refractivity contribution < 1.29 is 19.1 Å². The van der Waals surface area contributed by atoms with E-state index in [1.807, 2.05) is 0 Å². The predicted octanol–water partition coefficient (Wildman–Crippen LogP) is 2.09. The Morgan fingerprint density at radius 1 is 1.13 bits per heavy atom. The summed E-state index contributed by atoms with van der Waals surface area (Å²) in [5.41, 5.74) is 3.84. The minimum absolute atomic E-state index is 0.0239. The summed E-state index contributed by atoms with van der Waals surface area (Å²) in [6, 6.07) is 6.43. The zero-order valence-electron chi connectivity index (χ0n) is 13.5. The lowest BCUT2D eigenvalue weighted by Crippen LogP contribution is -2.20. The molecule has 2 amide bonds. The minimum atomic E-state index is -0.401. The average molecular weight is 319 g/mol. The van der Waals surface area contributed by atoms with Crippen molar-refractivity contribution in [2.45, 2.75) is 33.6 Å². The Labute approximate surface area is 135 Å². The Morgan fingerprint density at radius 3 is 2.35 bits per heavy atom. The maximum atomic E-state index is 11.9. The van der Waals surface area contributed by atoms with E-state index in [0.717, 1.165) is 0 Å². The van der Waals surface area contributed by atoms with E-state index in [1.165, 1.54) is 0 Å². The first-order chi connectivity index (χ1) is 11.0. The van der Waals surface area contributed by atoms with Gasteiger partial charge < -0.3 is 10.1 Å². The zero-order chi connectivity index (χ0) is 17.2. The molecule has 0 aliphatic carbocycles. The number of ether oxygens (including phenoxy) is 1. The molecule has 0 spiro atoms. The molecule has 1 rings (SSSR count). The van der Waals surface area contributed by atoms with E-state index in [0.29, 0.717) is 30.0 Å². The van der Waals surface area contributed by atoms with E-state index >= 15 is 0 Å². The molecule has 0 aliphatic heterocycles. The van der Waals surface area contributed by atoms with Gasteiger partial charge in [0, 0.05) is 23.4 Å². The lowest BCUT2D eigenvalue weighted by molar-refractivity contribution is -0.141. The second-order valence-electron chi connectivity index (χ2n) is 4.75. The Morgan fingerprint density at radius 2 is 1.78 bits per heavy atom. The Kier molecular flexibility index (Phi) is 7.45. The maximum Gasteiger partial charge on any atom is 0.311 e. The number of rotatable bonds is 7. The fraction of sp³-hybridized carbons (Fsp3) is 0.375. The third kappa shape index (κ3) is 6.73. The maximum absolute atomic E-state index is 11.9. The highest BCUT2D eigenvalue weighted by Crippen LogP contribution is 2.10. The first-order valence-corrected chi connectivity index (χ1v) is 7.35. The number of nitrogens with one attached hydrogen (secondary N) is 2. The number of carbonyl (C=O) groups excluding carboxylic acids is 3. The predicted molar refractivity (Wildman–Crippen MR) is 87.2 cm³/mol. The second kappa shape index (κ2) is 9.34. The molecule has 2 N–H and O–H groups in total. The summed E-state index contributed by atoms with van der Waals surface area (Å²) in [6.07, 6.45) is 0.410. The van der Waals surface area contributed by atoms with Crippen LogP contribution in [0.1, 0.15) is 44.0 Å². The standard InChI is InChI=1S/C16H21N3O4/c1-4-14(20)17-13-8-6-12(7-9-13)16(22)19-18-11(3)10-15(21)23-5-2/h6-9H,4-5,10H2,1-3H3,(H,17,20)(H,19,22)/b18-11+. The number of hydrogen-bond acceptors (Lipinski definition) is 5. The van der Waals surface area contributed by atoms with Crippen LogP contribution in [0.2, 0.25) is 0 Å². The summed E-state index contributed by atoms with van der Waals surface area (Å²) < 4.78 is 4.79. The number of anilines is 1. The normalized spacial score (nSPS) is 10.8. The zero-order valence-corrected chi connectivity index (χ0v) is 13.5. The summed E-state index contributed by atoms with van der Waals surface area (Å²) in [7, 11) is 0. The first kappa shape index (κ1) is 18.3. The highest BCUT2D eigenvalue weighted by Gasteiger charge is 2.07. The van der Waals surface area contributed by atoms with Gasteiger partial charge in [0.2, 0.25) is 5.91 Å². The van der Waals surface area contributed by atoms with E-state index in [2.05, 4.69) is 15.8 Å². The van der Waals surface area contributed by atoms with Crippen LogP contribution in [0.15, 0.2) is 29.4 Å². The molecule has 0 bridgehead atoms. The average Bonchev–Trinajstić information content (AvgIpc) is 2.53. The van der Waals surface area contributed by atoms with E-state index < -0.39 is 5.91 Å². The lowest BCUT2D eigenvalue weighted by Gasteiger charge is -2.05. The van der Waals surface area contributed by atoms with Crippen LogP contribution in [-0.4, -0.2) is 30.1 Å². The van der Waals surface area contributed by atoms with Crippen LogP contribution in [0.4, 0.5) is 5.69 Å². The number of amides is 2. The summed E-state index contributed by atoms with van der Waals surface area (Å²) in [5, 5.41) is 6.55. The van der Waals surface area contributed by atoms with E-state index in [4.69, 9.17) is 4.74 Å². The molecule has 0 radical (unpaired) electrons. The number of esters is 1. The minimum Gasteiger partial charge on any atom is -0.466 e. The van der Waals surface area contributed by atoms with Crippen molar-refractivity contribution >= 4 is 29.2 Å². The highest BCUT2D eigenvalue weighted by molar-refractivity contribution is 6.00. The first-order valence-electron chi connectivity index (χ1n) is 7.35. The number of hydrogen-bond donors (Lipinski definition) is 2. The van der Waals surface area contributed by atoms with Crippen molar-refractivity contribution in [3.05, 3.63) is 29.8 Å². The topological polar surface area (TPSA) is 96.9 Å². The van der Waals surface area contributed by atoms with E-state index in [9.17, 15) is 14.4 Å². The van der Waals surface area contributed by atoms with Gasteiger partial charge in [-0.2, -0.15) is 5.10 Å². The molecule has 124 valence electrons. The molecule has 0 unspecified atom stereocenters. The van der Waals surface area contributed by atoms with Gasteiger partial charge in [-0.1, -0.05) is 6.92 Å². The van der Waals surface area contributed by atoms with Gasteiger partial charge in [0.05, 0.1) is 13.0 Å². The van der Waals surface area contributed by atoms with Crippen LogP contribution in [0.5, 0.6) is 0 Å². The van der Waals surface area contributed by atoms with Crippen molar-refractivity contribution in [2.75, 3.05) is 11.9 Å². The molecular formula is C16H21N3O4. The lowest BCUT2D eigenvalue weighted by atomic mass is 10.2. The fourth-order valence-corrected chi connectivity index (χ4v) is 1.63. The SMILES string of the molecule is CCOC(=O)C/C(C)=N/NC(=O)c1ccc(NC(=O)CC)cc1. The molecule has 0 aliphatic rings. The van der Waals surface area contributed by atoms with Gasteiger partial charge in [0.1, 0.15) is 0 Å². The Balaban J connectivity index is 2.57. The van der Waals surface area contributed by atoms with E-state index in [1.54, 1.807) is 45.0 Å². The molecule has 1 aromatic carbocycles. The number of benzene rings is 1. The largest absolute Gasteiger partial charge is 0.466 e. The monoisotopic (exact) mass is 319 g/mol. The third-order valence-electron chi connectivity index (χ3n) is 2.81. The molecule has 0 fully saturated rings. The van der Waals surface area contributed by atoms with Crippen molar-refractivity contribution in [3.63, 3.8) is 0 Å². The van der Waals surface area contributed by atoms with Crippen LogP contribution < -0.4 is 10.7 Å². The van der Waals surface area contributed by atoms with Gasteiger partial charge in [-0.3, -0.25) is 14.4 Å². The quantitative estimate of drug-likeness (QED) is 0.457. The van der Waals surface area contributed by atoms with Crippen LogP contribution in [-0.2, 0) is 14.3 Å². The van der Waals surface area contributed by atoms with Crippen molar-refractivity contribution in [1.82, 2.24) is 5.43 Å². The molecule has 0 atom stereocenters. The fourth-order valence-electron chi connectivity index (χ4n) is 1.63. The van der Waals surface area contributed by atoms with Crippen LogP contribution in [0.3, 0.4) is 0 Å². The smallest absolute Gasteiger partial charge is 0.311 e. The molecular weight excluding hydrogens is 298 g/mol. The summed E-state index contributed by atoms with van der Waals surface area (Å²) >= 11 is 0. The third-order valence-corrected chi connectivity index (χ3v) is 2.81. The molecule has 7 nitrogen and oxygen atoms in total. The molecule has 0 aromatic heterocycles. The molecule has 0 saturated carbocycles. The summed E-state index contributed by atoms with van der Waals surface area (Å²) in [6.45, 7) is 5.41. The Bertz CT molecular complexity index is 594. The second-order valence-corrected chi connectivity index (χ2v) is 4.75. The van der Waals surface area contributed by atoms with Crippen molar-refractivity contribution in [2.24, 2.45) is 5.10 Å². The number of hydrazone groups is 1. The van der Waals surface area contributed by atoms with Gasteiger partial charge in [-0.05, 0) is 38.1 Å². The molecule has 23 heavy (non-hydrogen) atoms. The van der Waals surface area contributed by atoms with Crippen LogP contribution in [0, 0.1) is 0 Å². The van der Waals surface area contributed by atoms with Gasteiger partial charge >= 0.3 is 5.97 Å². The van der Waals surface area contributed by atoms with Crippen molar-refractivity contribution in [3.8, 4) is 0 Å². The molecule has 1 aromatic rings. The molecule has 7 heteroatoms. The van der Waals surface area contributed by atoms with Crippen molar-refractivity contribution in [1.29, 1.82) is 0 Å². The number of nitrogens with zero attached hydrogens (tertiary/aromatic N) is 1. The van der Waals surface area contributed by atoms with E-state index in [-0.39, 0.29) is 18.3 Å². The number of carbonyl (C=O) groups is 3. The summed E-state index contributed by atoms with van der Waals surface area (Å²) in [4.78, 5) is 34.5. The highest BCUT2D eigenvalue weighted by atomic mass is 16.5. The van der Waals surface area contributed by atoms with Gasteiger partial charge in [0.25, 0.3) is 5.91 Å². The van der Waals surface area contributed by atoms with Crippen LogP contribution in [0.25, 0.3) is 0 Å².